The number of nitrogen functional groups attached to an aromatic ring is 2. The SMILES string of the molecule is Nc1cc(-c2ccc(CCCl)cc2)c(C(F)(F)F)cc1N. The van der Waals surface area contributed by atoms with Crippen LogP contribution in [0.4, 0.5) is 24.5 Å². The van der Waals surface area contributed by atoms with Crippen molar-refractivity contribution >= 4 is 23.0 Å². The molecule has 0 saturated carbocycles. The highest BCUT2D eigenvalue weighted by Gasteiger charge is 2.34. The molecule has 0 aliphatic rings. The summed E-state index contributed by atoms with van der Waals surface area (Å²) in [6.07, 6.45) is -3.83. The van der Waals surface area contributed by atoms with E-state index >= 15 is 0 Å². The van der Waals surface area contributed by atoms with Crippen LogP contribution in [0, 0.1) is 0 Å². The van der Waals surface area contributed by atoms with Crippen LogP contribution in [0.3, 0.4) is 0 Å². The Balaban J connectivity index is 2.54. The van der Waals surface area contributed by atoms with Crippen LogP contribution in [-0.2, 0) is 12.6 Å². The van der Waals surface area contributed by atoms with Gasteiger partial charge in [0, 0.05) is 5.88 Å². The summed E-state index contributed by atoms with van der Waals surface area (Å²) in [6.45, 7) is 0. The van der Waals surface area contributed by atoms with E-state index in [0.29, 0.717) is 17.9 Å². The smallest absolute Gasteiger partial charge is 0.397 e. The van der Waals surface area contributed by atoms with Crippen LogP contribution in [0.15, 0.2) is 36.4 Å². The molecule has 0 unspecified atom stereocenters. The molecule has 2 rings (SSSR count). The van der Waals surface area contributed by atoms with E-state index in [-0.39, 0.29) is 16.9 Å². The summed E-state index contributed by atoms with van der Waals surface area (Å²) in [5.41, 5.74) is 11.8. The first-order valence-electron chi connectivity index (χ1n) is 6.24. The quantitative estimate of drug-likeness (QED) is 0.655. The minimum absolute atomic E-state index is 0.0200. The van der Waals surface area contributed by atoms with Crippen molar-refractivity contribution in [1.82, 2.24) is 0 Å². The van der Waals surface area contributed by atoms with Crippen molar-refractivity contribution in [3.05, 3.63) is 47.5 Å². The van der Waals surface area contributed by atoms with Gasteiger partial charge >= 0.3 is 6.18 Å². The number of benzene rings is 2. The highest BCUT2D eigenvalue weighted by atomic mass is 35.5. The molecule has 6 heteroatoms. The third-order valence-corrected chi connectivity index (χ3v) is 3.37. The topological polar surface area (TPSA) is 52.0 Å². The van der Waals surface area contributed by atoms with E-state index in [9.17, 15) is 13.2 Å². The predicted octanol–water partition coefficient (Wildman–Crippen LogP) is 4.32. The fourth-order valence-electron chi connectivity index (χ4n) is 2.07. The largest absolute Gasteiger partial charge is 0.417 e. The Morgan fingerprint density at radius 1 is 0.952 bits per heavy atom. The fourth-order valence-corrected chi connectivity index (χ4v) is 2.28. The summed E-state index contributed by atoms with van der Waals surface area (Å²) in [5, 5.41) is 0. The van der Waals surface area contributed by atoms with Gasteiger partial charge in [-0.05, 0) is 35.2 Å². The molecule has 2 nitrogen and oxygen atoms in total. The minimum atomic E-state index is -4.49. The van der Waals surface area contributed by atoms with E-state index in [0.717, 1.165) is 11.6 Å². The molecule has 0 spiro atoms. The second-order valence-electron chi connectivity index (χ2n) is 4.66. The first-order valence-corrected chi connectivity index (χ1v) is 6.78. The number of hydrogen-bond acceptors (Lipinski definition) is 2. The Hall–Kier alpha value is -1.88. The van der Waals surface area contributed by atoms with Gasteiger partial charge in [0.05, 0.1) is 16.9 Å². The van der Waals surface area contributed by atoms with Crippen molar-refractivity contribution in [2.45, 2.75) is 12.6 Å². The van der Waals surface area contributed by atoms with Crippen LogP contribution < -0.4 is 11.5 Å². The van der Waals surface area contributed by atoms with E-state index in [1.807, 2.05) is 0 Å². The van der Waals surface area contributed by atoms with E-state index < -0.39 is 11.7 Å². The molecule has 0 bridgehead atoms. The van der Waals surface area contributed by atoms with Crippen LogP contribution in [0.5, 0.6) is 0 Å². The maximum atomic E-state index is 13.1. The lowest BCUT2D eigenvalue weighted by Crippen LogP contribution is -2.09. The van der Waals surface area contributed by atoms with Crippen molar-refractivity contribution in [1.29, 1.82) is 0 Å². The van der Waals surface area contributed by atoms with Gasteiger partial charge in [0.1, 0.15) is 0 Å². The Morgan fingerprint density at radius 2 is 1.52 bits per heavy atom. The van der Waals surface area contributed by atoms with E-state index in [1.165, 1.54) is 6.07 Å². The molecular weight excluding hydrogens is 301 g/mol. The molecule has 2 aromatic rings. The molecule has 0 amide bonds. The summed E-state index contributed by atoms with van der Waals surface area (Å²) in [4.78, 5) is 0. The standard InChI is InChI=1S/C15H14ClF3N2/c16-6-5-9-1-3-10(4-2-9)11-7-13(20)14(21)8-12(11)15(17,18)19/h1-4,7-8H,5-6,20-21H2. The second kappa shape index (κ2) is 5.85. The van der Waals surface area contributed by atoms with Gasteiger partial charge in [0.15, 0.2) is 0 Å². The molecule has 0 aliphatic heterocycles. The number of aryl methyl sites for hydroxylation is 1. The average molecular weight is 315 g/mol. The molecule has 0 atom stereocenters. The summed E-state index contributed by atoms with van der Waals surface area (Å²) in [7, 11) is 0. The number of halogens is 4. The first-order chi connectivity index (χ1) is 9.82. The normalized spacial score (nSPS) is 11.6. The molecule has 0 heterocycles. The molecule has 0 radical (unpaired) electrons. The molecule has 0 aromatic heterocycles. The van der Waals surface area contributed by atoms with Crippen LogP contribution in [-0.4, -0.2) is 5.88 Å². The lowest BCUT2D eigenvalue weighted by molar-refractivity contribution is -0.137. The molecular formula is C15H14ClF3N2. The van der Waals surface area contributed by atoms with Crippen molar-refractivity contribution in [3.63, 3.8) is 0 Å². The highest BCUT2D eigenvalue weighted by molar-refractivity contribution is 6.17. The van der Waals surface area contributed by atoms with E-state index in [4.69, 9.17) is 23.1 Å². The third kappa shape index (κ3) is 3.42. The van der Waals surface area contributed by atoms with Crippen molar-refractivity contribution < 1.29 is 13.2 Å². The van der Waals surface area contributed by atoms with Gasteiger partial charge in [-0.25, -0.2) is 0 Å². The second-order valence-corrected chi connectivity index (χ2v) is 5.04. The fraction of sp³-hybridized carbons (Fsp3) is 0.200. The molecule has 4 N–H and O–H groups in total. The van der Waals surface area contributed by atoms with Gasteiger partial charge in [-0.3, -0.25) is 0 Å². The van der Waals surface area contributed by atoms with Gasteiger partial charge in [0.25, 0.3) is 0 Å². The van der Waals surface area contributed by atoms with Crippen molar-refractivity contribution in [2.24, 2.45) is 0 Å². The summed E-state index contributed by atoms with van der Waals surface area (Å²) < 4.78 is 39.4. The lowest BCUT2D eigenvalue weighted by Gasteiger charge is -2.15. The van der Waals surface area contributed by atoms with Crippen LogP contribution in [0.2, 0.25) is 0 Å². The van der Waals surface area contributed by atoms with Gasteiger partial charge in [-0.1, -0.05) is 24.3 Å². The van der Waals surface area contributed by atoms with Gasteiger partial charge in [0.2, 0.25) is 0 Å². The number of nitrogens with two attached hydrogens (primary N) is 2. The number of rotatable bonds is 3. The van der Waals surface area contributed by atoms with Crippen LogP contribution in [0.1, 0.15) is 11.1 Å². The van der Waals surface area contributed by atoms with Gasteiger partial charge < -0.3 is 11.5 Å². The number of hydrogen-bond donors (Lipinski definition) is 2. The Kier molecular flexibility index (Phi) is 4.32. The number of alkyl halides is 4. The predicted molar refractivity (Wildman–Crippen MR) is 80.1 cm³/mol. The van der Waals surface area contributed by atoms with E-state index in [2.05, 4.69) is 0 Å². The monoisotopic (exact) mass is 314 g/mol. The summed E-state index contributed by atoms with van der Waals surface area (Å²) in [5.74, 6) is 0.460. The number of anilines is 2. The zero-order valence-electron chi connectivity index (χ0n) is 11.0. The maximum Gasteiger partial charge on any atom is 0.417 e. The Labute approximate surface area is 125 Å². The summed E-state index contributed by atoms with van der Waals surface area (Å²) in [6, 6.07) is 8.89. The van der Waals surface area contributed by atoms with Crippen LogP contribution in [0.25, 0.3) is 11.1 Å². The highest BCUT2D eigenvalue weighted by Crippen LogP contribution is 2.40. The molecule has 2 aromatic carbocycles. The Morgan fingerprint density at radius 3 is 2.05 bits per heavy atom. The Bertz CT molecular complexity index is 637. The van der Waals surface area contributed by atoms with Gasteiger partial charge in [-0.15, -0.1) is 11.6 Å². The van der Waals surface area contributed by atoms with Crippen molar-refractivity contribution in [2.75, 3.05) is 17.3 Å². The molecule has 112 valence electrons. The molecule has 0 aliphatic carbocycles. The minimum Gasteiger partial charge on any atom is -0.397 e. The zero-order valence-corrected chi connectivity index (χ0v) is 11.8. The van der Waals surface area contributed by atoms with E-state index in [1.54, 1.807) is 24.3 Å². The molecule has 0 saturated heterocycles. The summed E-state index contributed by atoms with van der Waals surface area (Å²) >= 11 is 5.64. The van der Waals surface area contributed by atoms with Crippen molar-refractivity contribution in [3.8, 4) is 11.1 Å². The van der Waals surface area contributed by atoms with Crippen LogP contribution >= 0.6 is 11.6 Å². The van der Waals surface area contributed by atoms with Gasteiger partial charge in [-0.2, -0.15) is 13.2 Å². The third-order valence-electron chi connectivity index (χ3n) is 3.18. The maximum absolute atomic E-state index is 13.1. The lowest BCUT2D eigenvalue weighted by atomic mass is 9.96. The average Bonchev–Trinajstić information content (AvgIpc) is 2.41. The molecule has 21 heavy (non-hydrogen) atoms. The molecule has 0 fully saturated rings. The zero-order chi connectivity index (χ0) is 15.6. The first kappa shape index (κ1) is 15.5.